The number of sulfonamides is 1. The maximum atomic E-state index is 11.7. The quantitative estimate of drug-likeness (QED) is 0.627. The number of alkyl halides is 1. The van der Waals surface area contributed by atoms with Crippen LogP contribution >= 0.6 is 11.6 Å². The van der Waals surface area contributed by atoms with E-state index in [-0.39, 0.29) is 5.75 Å². The summed E-state index contributed by atoms with van der Waals surface area (Å²) < 4.78 is 26.1. The maximum Gasteiger partial charge on any atom is 0.211 e. The van der Waals surface area contributed by atoms with Gasteiger partial charge < -0.3 is 0 Å². The molecule has 0 heterocycles. The summed E-state index contributed by atoms with van der Waals surface area (Å²) in [7, 11) is -3.10. The molecule has 0 aromatic heterocycles. The van der Waals surface area contributed by atoms with Crippen molar-refractivity contribution in [3.63, 3.8) is 0 Å². The lowest BCUT2D eigenvalue weighted by molar-refractivity contribution is 0.456. The molecule has 1 unspecified atom stereocenters. The predicted octanol–water partition coefficient (Wildman–Crippen LogP) is 3.00. The molecule has 5 heteroatoms. The highest BCUT2D eigenvalue weighted by molar-refractivity contribution is 7.89. The Kier molecular flexibility index (Phi) is 9.28. The first-order valence-corrected chi connectivity index (χ1v) is 8.63. The average molecular weight is 284 g/mol. The molecule has 0 rings (SSSR count). The van der Waals surface area contributed by atoms with Crippen LogP contribution in [0, 0.1) is 11.8 Å². The van der Waals surface area contributed by atoms with E-state index in [1.54, 1.807) is 0 Å². The molecule has 0 spiro atoms. The van der Waals surface area contributed by atoms with Crippen LogP contribution in [0.15, 0.2) is 0 Å². The maximum absolute atomic E-state index is 11.7. The highest BCUT2D eigenvalue weighted by atomic mass is 35.5. The molecule has 0 amide bonds. The Balaban J connectivity index is 4.04. The van der Waals surface area contributed by atoms with Crippen molar-refractivity contribution in [1.29, 1.82) is 0 Å². The molecule has 17 heavy (non-hydrogen) atoms. The second-order valence-corrected chi connectivity index (χ2v) is 7.29. The van der Waals surface area contributed by atoms with E-state index in [0.717, 1.165) is 19.3 Å². The van der Waals surface area contributed by atoms with Gasteiger partial charge in [0.1, 0.15) is 0 Å². The third-order valence-electron chi connectivity index (χ3n) is 2.77. The number of rotatable bonds is 10. The van der Waals surface area contributed by atoms with E-state index in [9.17, 15) is 8.42 Å². The second-order valence-electron chi connectivity index (χ2n) is 4.98. The number of hydrogen-bond donors (Lipinski definition) is 1. The van der Waals surface area contributed by atoms with Gasteiger partial charge in [0.05, 0.1) is 5.75 Å². The van der Waals surface area contributed by atoms with E-state index in [4.69, 9.17) is 11.6 Å². The van der Waals surface area contributed by atoms with Crippen LogP contribution in [0.5, 0.6) is 0 Å². The molecule has 1 N–H and O–H groups in total. The standard InChI is InChI=1S/C12H26ClNO2S/c1-4-5-12(6-8-13)10-14-17(15,16)9-7-11(2)3/h11-12,14H,4-10H2,1-3H3. The average Bonchev–Trinajstić information content (AvgIpc) is 2.24. The Morgan fingerprint density at radius 1 is 1.18 bits per heavy atom. The predicted molar refractivity (Wildman–Crippen MR) is 75.0 cm³/mol. The fourth-order valence-corrected chi connectivity index (χ4v) is 3.34. The fraction of sp³-hybridized carbons (Fsp3) is 1.00. The molecule has 0 bridgehead atoms. The van der Waals surface area contributed by atoms with Gasteiger partial charge in [0.15, 0.2) is 0 Å². The highest BCUT2D eigenvalue weighted by Gasteiger charge is 2.14. The SMILES string of the molecule is CCCC(CCCl)CNS(=O)(=O)CCC(C)C. The van der Waals surface area contributed by atoms with Crippen molar-refractivity contribution < 1.29 is 8.42 Å². The van der Waals surface area contributed by atoms with Crippen molar-refractivity contribution in [2.45, 2.75) is 46.5 Å². The summed E-state index contributed by atoms with van der Waals surface area (Å²) in [5.41, 5.74) is 0. The third-order valence-corrected chi connectivity index (χ3v) is 4.37. The first-order chi connectivity index (χ1) is 7.91. The molecule has 0 fully saturated rings. The molecule has 0 aromatic carbocycles. The molecule has 0 saturated carbocycles. The van der Waals surface area contributed by atoms with E-state index in [0.29, 0.717) is 30.7 Å². The van der Waals surface area contributed by atoms with Gasteiger partial charge in [-0.1, -0.05) is 27.2 Å². The summed E-state index contributed by atoms with van der Waals surface area (Å²) in [6.45, 7) is 6.70. The van der Waals surface area contributed by atoms with Crippen molar-refractivity contribution in [2.75, 3.05) is 18.2 Å². The van der Waals surface area contributed by atoms with Crippen LogP contribution < -0.4 is 4.72 Å². The molecular weight excluding hydrogens is 258 g/mol. The largest absolute Gasteiger partial charge is 0.215 e. The minimum atomic E-state index is -3.10. The molecule has 0 saturated heterocycles. The van der Waals surface area contributed by atoms with Crippen LogP contribution in [-0.2, 0) is 10.0 Å². The van der Waals surface area contributed by atoms with E-state index in [1.807, 2.05) is 13.8 Å². The van der Waals surface area contributed by atoms with Crippen molar-refractivity contribution >= 4 is 21.6 Å². The normalized spacial score (nSPS) is 14.2. The molecule has 0 radical (unpaired) electrons. The van der Waals surface area contributed by atoms with Crippen molar-refractivity contribution in [3.05, 3.63) is 0 Å². The van der Waals surface area contributed by atoms with E-state index < -0.39 is 10.0 Å². The number of halogens is 1. The lowest BCUT2D eigenvalue weighted by Crippen LogP contribution is -2.32. The Bertz CT molecular complexity index is 272. The van der Waals surface area contributed by atoms with Gasteiger partial charge in [-0.25, -0.2) is 13.1 Å². The Morgan fingerprint density at radius 3 is 2.29 bits per heavy atom. The van der Waals surface area contributed by atoms with Crippen molar-refractivity contribution in [2.24, 2.45) is 11.8 Å². The zero-order valence-electron chi connectivity index (χ0n) is 11.2. The van der Waals surface area contributed by atoms with Crippen LogP contribution in [0.25, 0.3) is 0 Å². The Labute approximate surface area is 111 Å². The van der Waals surface area contributed by atoms with Crippen LogP contribution in [0.2, 0.25) is 0 Å². The van der Waals surface area contributed by atoms with Crippen LogP contribution in [-0.4, -0.2) is 26.6 Å². The van der Waals surface area contributed by atoms with Gasteiger partial charge in [0.25, 0.3) is 0 Å². The summed E-state index contributed by atoms with van der Waals surface area (Å²) in [5, 5.41) is 0. The van der Waals surface area contributed by atoms with Crippen LogP contribution in [0.4, 0.5) is 0 Å². The van der Waals surface area contributed by atoms with Gasteiger partial charge in [-0.05, 0) is 31.1 Å². The van der Waals surface area contributed by atoms with Gasteiger partial charge >= 0.3 is 0 Å². The van der Waals surface area contributed by atoms with E-state index >= 15 is 0 Å². The summed E-state index contributed by atoms with van der Waals surface area (Å²) >= 11 is 5.71. The van der Waals surface area contributed by atoms with Crippen molar-refractivity contribution in [3.8, 4) is 0 Å². The van der Waals surface area contributed by atoms with E-state index in [2.05, 4.69) is 11.6 Å². The van der Waals surface area contributed by atoms with Crippen molar-refractivity contribution in [1.82, 2.24) is 4.72 Å². The van der Waals surface area contributed by atoms with Gasteiger partial charge in [-0.15, -0.1) is 11.6 Å². The lowest BCUT2D eigenvalue weighted by atomic mass is 10.0. The number of hydrogen-bond acceptors (Lipinski definition) is 2. The minimum absolute atomic E-state index is 0.227. The first kappa shape index (κ1) is 17.2. The topological polar surface area (TPSA) is 46.2 Å². The number of nitrogens with one attached hydrogen (secondary N) is 1. The summed E-state index contributed by atoms with van der Waals surface area (Å²) in [6.07, 6.45) is 3.68. The van der Waals surface area contributed by atoms with Gasteiger partial charge in [0, 0.05) is 12.4 Å². The van der Waals surface area contributed by atoms with Crippen LogP contribution in [0.1, 0.15) is 46.5 Å². The molecular formula is C12H26ClNO2S. The molecule has 0 aromatic rings. The molecule has 1 atom stereocenters. The zero-order chi connectivity index (χ0) is 13.3. The molecule has 0 aliphatic rings. The van der Waals surface area contributed by atoms with Gasteiger partial charge in [-0.3, -0.25) is 0 Å². The lowest BCUT2D eigenvalue weighted by Gasteiger charge is -2.16. The third kappa shape index (κ3) is 9.86. The van der Waals surface area contributed by atoms with Gasteiger partial charge in [-0.2, -0.15) is 0 Å². The zero-order valence-corrected chi connectivity index (χ0v) is 12.8. The Morgan fingerprint density at radius 2 is 1.82 bits per heavy atom. The summed E-state index contributed by atoms with van der Waals surface area (Å²) in [6, 6.07) is 0. The van der Waals surface area contributed by atoms with Crippen LogP contribution in [0.3, 0.4) is 0 Å². The summed E-state index contributed by atoms with van der Waals surface area (Å²) in [5.74, 6) is 1.61. The minimum Gasteiger partial charge on any atom is -0.215 e. The highest BCUT2D eigenvalue weighted by Crippen LogP contribution is 2.11. The fourth-order valence-electron chi connectivity index (χ4n) is 1.62. The Hall–Kier alpha value is 0.200. The monoisotopic (exact) mass is 283 g/mol. The van der Waals surface area contributed by atoms with Gasteiger partial charge in [0.2, 0.25) is 10.0 Å². The molecule has 3 nitrogen and oxygen atoms in total. The summed E-state index contributed by atoms with van der Waals surface area (Å²) in [4.78, 5) is 0. The van der Waals surface area contributed by atoms with E-state index in [1.165, 1.54) is 0 Å². The molecule has 104 valence electrons. The first-order valence-electron chi connectivity index (χ1n) is 6.44. The smallest absolute Gasteiger partial charge is 0.211 e. The molecule has 0 aliphatic heterocycles. The second kappa shape index (κ2) is 9.17. The molecule has 0 aliphatic carbocycles.